The molecular formula is C35H49NO4. The summed E-state index contributed by atoms with van der Waals surface area (Å²) < 4.78 is 7.17. The zero-order chi connectivity index (χ0) is 27.8. The standard InChI is InChI=1S/C35H49NO4/c1-21-16-31-32(36(20-21)40-33(38)24-8-6-5-7-9-24)23(3)35(39-31)15-13-27-28-11-10-25-17-26(37)12-14-34(25,4)30(28)18-29(27)22(2)19-35/h5-9,21,23,25-28,30-32,37H,10-20H2,1-4H3/t21-,23+,25+,26+,27-,28-,30-,31+,32-,34-,35-/m0/s1. The predicted molar refractivity (Wildman–Crippen MR) is 155 cm³/mol. The van der Waals surface area contributed by atoms with Crippen LogP contribution in [0.25, 0.3) is 0 Å². The van der Waals surface area contributed by atoms with Crippen molar-refractivity contribution in [3.8, 4) is 0 Å². The summed E-state index contributed by atoms with van der Waals surface area (Å²) in [6, 6.07) is 9.48. The van der Waals surface area contributed by atoms with Gasteiger partial charge >= 0.3 is 5.97 Å². The molecule has 0 bridgehead atoms. The number of benzene rings is 1. The van der Waals surface area contributed by atoms with E-state index >= 15 is 0 Å². The molecular weight excluding hydrogens is 498 g/mol. The Morgan fingerprint density at radius 1 is 1.07 bits per heavy atom. The number of rotatable bonds is 2. The molecule has 2 heterocycles. The molecule has 0 amide bonds. The first-order valence-corrected chi connectivity index (χ1v) is 16.3. The minimum Gasteiger partial charge on any atom is -0.393 e. The Labute approximate surface area is 240 Å². The molecule has 2 saturated heterocycles. The van der Waals surface area contributed by atoms with Crippen molar-refractivity contribution in [2.45, 2.75) is 116 Å². The number of piperidine rings is 1. The van der Waals surface area contributed by atoms with Gasteiger partial charge in [-0.3, -0.25) is 0 Å². The minimum atomic E-state index is -0.263. The Morgan fingerprint density at radius 3 is 2.67 bits per heavy atom. The van der Waals surface area contributed by atoms with Gasteiger partial charge in [0.2, 0.25) is 0 Å². The van der Waals surface area contributed by atoms with Crippen molar-refractivity contribution in [2.24, 2.45) is 40.9 Å². The fourth-order valence-corrected chi connectivity index (χ4v) is 10.8. The molecule has 218 valence electrons. The van der Waals surface area contributed by atoms with E-state index in [0.29, 0.717) is 34.7 Å². The Bertz CT molecular complexity index is 1170. The van der Waals surface area contributed by atoms with Gasteiger partial charge in [-0.1, -0.05) is 50.1 Å². The lowest BCUT2D eigenvalue weighted by Gasteiger charge is -2.53. The topological polar surface area (TPSA) is 59.0 Å². The third-order valence-electron chi connectivity index (χ3n) is 12.9. The molecule has 11 atom stereocenters. The van der Waals surface area contributed by atoms with Crippen LogP contribution in [0.1, 0.15) is 102 Å². The summed E-state index contributed by atoms with van der Waals surface area (Å²) in [7, 11) is 0. The van der Waals surface area contributed by atoms with E-state index in [9.17, 15) is 9.90 Å². The molecule has 1 spiro atoms. The molecule has 1 aromatic carbocycles. The van der Waals surface area contributed by atoms with E-state index in [1.54, 1.807) is 11.1 Å². The fraction of sp³-hybridized carbons (Fsp3) is 0.743. The average molecular weight is 548 g/mol. The molecule has 2 aliphatic heterocycles. The molecule has 0 radical (unpaired) electrons. The molecule has 3 saturated carbocycles. The van der Waals surface area contributed by atoms with Gasteiger partial charge in [-0.05, 0) is 118 Å². The monoisotopic (exact) mass is 547 g/mol. The average Bonchev–Trinajstić information content (AvgIpc) is 3.39. The van der Waals surface area contributed by atoms with Gasteiger partial charge in [0.25, 0.3) is 0 Å². The lowest BCUT2D eigenvalue weighted by atomic mass is 9.52. The van der Waals surface area contributed by atoms with Crippen LogP contribution >= 0.6 is 0 Å². The number of allylic oxidation sites excluding steroid dienone is 1. The summed E-state index contributed by atoms with van der Waals surface area (Å²) in [4.78, 5) is 19.2. The molecule has 1 N–H and O–H groups in total. The van der Waals surface area contributed by atoms with E-state index in [1.807, 2.05) is 35.4 Å². The molecule has 5 nitrogen and oxygen atoms in total. The van der Waals surface area contributed by atoms with Gasteiger partial charge in [0.15, 0.2) is 0 Å². The van der Waals surface area contributed by atoms with Gasteiger partial charge in [-0.2, -0.15) is 0 Å². The van der Waals surface area contributed by atoms with Crippen molar-refractivity contribution in [1.29, 1.82) is 0 Å². The fourth-order valence-electron chi connectivity index (χ4n) is 10.8. The van der Waals surface area contributed by atoms with Gasteiger partial charge < -0.3 is 14.7 Å². The maximum atomic E-state index is 13.1. The largest absolute Gasteiger partial charge is 0.393 e. The summed E-state index contributed by atoms with van der Waals surface area (Å²) in [5.74, 6) is 3.41. The molecule has 40 heavy (non-hydrogen) atoms. The summed E-state index contributed by atoms with van der Waals surface area (Å²) >= 11 is 0. The second-order valence-corrected chi connectivity index (χ2v) is 15.0. The van der Waals surface area contributed by atoms with Crippen molar-refractivity contribution in [2.75, 3.05) is 6.54 Å². The maximum absolute atomic E-state index is 13.1. The zero-order valence-electron chi connectivity index (χ0n) is 25.0. The second kappa shape index (κ2) is 9.95. The number of nitrogens with zero attached hydrogens (tertiary/aromatic N) is 1. The number of ether oxygens (including phenoxy) is 1. The van der Waals surface area contributed by atoms with E-state index < -0.39 is 0 Å². The predicted octanol–water partition coefficient (Wildman–Crippen LogP) is 6.96. The molecule has 5 heteroatoms. The smallest absolute Gasteiger partial charge is 0.357 e. The van der Waals surface area contributed by atoms with Crippen molar-refractivity contribution in [3.05, 3.63) is 47.0 Å². The zero-order valence-corrected chi connectivity index (χ0v) is 25.0. The number of carbonyl (C=O) groups excluding carboxylic acids is 1. The highest BCUT2D eigenvalue weighted by Crippen LogP contribution is 2.65. The summed E-state index contributed by atoms with van der Waals surface area (Å²) in [5.41, 5.74) is 4.16. The number of carbonyl (C=O) groups is 1. The molecule has 4 aliphatic carbocycles. The van der Waals surface area contributed by atoms with E-state index in [-0.39, 0.29) is 29.8 Å². The molecule has 6 aliphatic rings. The Hall–Kier alpha value is -1.69. The van der Waals surface area contributed by atoms with Gasteiger partial charge in [0, 0.05) is 12.5 Å². The van der Waals surface area contributed by atoms with Crippen molar-refractivity contribution < 1.29 is 19.5 Å². The first-order valence-electron chi connectivity index (χ1n) is 16.3. The third-order valence-corrected chi connectivity index (χ3v) is 12.9. The lowest BCUT2D eigenvalue weighted by Crippen LogP contribution is -2.52. The van der Waals surface area contributed by atoms with E-state index in [4.69, 9.17) is 9.57 Å². The van der Waals surface area contributed by atoms with Crippen LogP contribution in [-0.4, -0.2) is 46.5 Å². The SMILES string of the molecule is CC1=C2C[C@H]3[C@@H](CC[C@@H]4C[C@H](O)CC[C@@]43C)[C@@H]2CC[C@@]2(C1)O[C@@H]1C[C@H](C)CN(OC(=O)c3ccccc3)[C@H]1[C@H]2C. The molecule has 0 aromatic heterocycles. The van der Waals surface area contributed by atoms with Crippen LogP contribution < -0.4 is 0 Å². The molecule has 5 fully saturated rings. The third kappa shape index (κ3) is 4.24. The Morgan fingerprint density at radius 2 is 1.88 bits per heavy atom. The van der Waals surface area contributed by atoms with Crippen molar-refractivity contribution in [3.63, 3.8) is 0 Å². The summed E-state index contributed by atoms with van der Waals surface area (Å²) in [5, 5.41) is 12.4. The number of aliphatic hydroxyl groups is 1. The van der Waals surface area contributed by atoms with Crippen molar-refractivity contribution in [1.82, 2.24) is 5.06 Å². The first-order chi connectivity index (χ1) is 19.2. The van der Waals surface area contributed by atoms with Crippen LogP contribution in [0.5, 0.6) is 0 Å². The van der Waals surface area contributed by atoms with E-state index in [1.165, 1.54) is 32.1 Å². The maximum Gasteiger partial charge on any atom is 0.357 e. The highest BCUT2D eigenvalue weighted by molar-refractivity contribution is 5.89. The highest BCUT2D eigenvalue weighted by Gasteiger charge is 2.60. The number of hydroxylamine groups is 2. The number of aliphatic hydroxyl groups excluding tert-OH is 1. The number of hydrogen-bond acceptors (Lipinski definition) is 5. The molecule has 7 rings (SSSR count). The normalized spacial score (nSPS) is 46.8. The van der Waals surface area contributed by atoms with Crippen molar-refractivity contribution >= 4 is 5.97 Å². The van der Waals surface area contributed by atoms with Crippen LogP contribution in [0.15, 0.2) is 41.5 Å². The van der Waals surface area contributed by atoms with Crippen LogP contribution in [0, 0.1) is 40.9 Å². The van der Waals surface area contributed by atoms with Gasteiger partial charge in [-0.25, -0.2) is 4.79 Å². The number of hydrogen-bond donors (Lipinski definition) is 1. The first kappa shape index (κ1) is 27.2. The van der Waals surface area contributed by atoms with Gasteiger partial charge in [-0.15, -0.1) is 5.06 Å². The van der Waals surface area contributed by atoms with E-state index in [2.05, 4.69) is 27.7 Å². The quantitative estimate of drug-likeness (QED) is 0.406. The van der Waals surface area contributed by atoms with Crippen LogP contribution in [0.4, 0.5) is 0 Å². The number of fused-ring (bicyclic) bond motifs is 6. The second-order valence-electron chi connectivity index (χ2n) is 15.0. The molecule has 1 aromatic rings. The highest BCUT2D eigenvalue weighted by atomic mass is 16.7. The Balaban J connectivity index is 1.13. The molecule has 0 unspecified atom stereocenters. The van der Waals surface area contributed by atoms with Crippen LogP contribution in [0.3, 0.4) is 0 Å². The summed E-state index contributed by atoms with van der Waals surface area (Å²) in [6.45, 7) is 10.4. The lowest BCUT2D eigenvalue weighted by molar-refractivity contribution is -0.182. The van der Waals surface area contributed by atoms with E-state index in [0.717, 1.165) is 50.5 Å². The Kier molecular flexibility index (Phi) is 6.76. The summed E-state index contributed by atoms with van der Waals surface area (Å²) in [6.07, 6.45) is 11.5. The van der Waals surface area contributed by atoms with Gasteiger partial charge in [0.05, 0.1) is 29.4 Å². The minimum absolute atomic E-state index is 0.0823. The van der Waals surface area contributed by atoms with Gasteiger partial charge in [0.1, 0.15) is 0 Å². The van der Waals surface area contributed by atoms with Crippen LogP contribution in [-0.2, 0) is 9.57 Å². The van der Waals surface area contributed by atoms with Crippen LogP contribution in [0.2, 0.25) is 0 Å².